The topological polar surface area (TPSA) is 70.1 Å². The number of hydrogen-bond acceptors (Lipinski definition) is 4. The zero-order valence-corrected chi connectivity index (χ0v) is 18.1. The van der Waals surface area contributed by atoms with Crippen molar-refractivity contribution in [3.8, 4) is 5.75 Å². The molecule has 0 bridgehead atoms. The molecule has 2 aliphatic rings. The first-order valence-corrected chi connectivity index (χ1v) is 10.7. The van der Waals surface area contributed by atoms with Crippen LogP contribution in [0.5, 0.6) is 5.75 Å². The highest BCUT2D eigenvalue weighted by atomic mass is 19.1. The number of halogens is 2. The second kappa shape index (κ2) is 8.41. The molecule has 1 N–H and O–H groups in total. The summed E-state index contributed by atoms with van der Waals surface area (Å²) >= 11 is 0. The predicted octanol–water partition coefficient (Wildman–Crippen LogP) is 4.43. The smallest absolute Gasteiger partial charge is 0.415 e. The zero-order chi connectivity index (χ0) is 23.0. The van der Waals surface area contributed by atoms with Crippen LogP contribution in [0.3, 0.4) is 0 Å². The maximum atomic E-state index is 14.2. The first-order chi connectivity index (χ1) is 15.2. The molecule has 2 heterocycles. The molecular weight excluding hydrogens is 418 g/mol. The molecule has 0 radical (unpaired) electrons. The van der Waals surface area contributed by atoms with E-state index in [1.54, 1.807) is 11.0 Å². The fraction of sp³-hybridized carbons (Fsp3) is 0.417. The van der Waals surface area contributed by atoms with Crippen LogP contribution in [0.15, 0.2) is 42.5 Å². The van der Waals surface area contributed by atoms with E-state index in [-0.39, 0.29) is 30.1 Å². The van der Waals surface area contributed by atoms with Crippen molar-refractivity contribution >= 4 is 17.7 Å². The van der Waals surface area contributed by atoms with Crippen molar-refractivity contribution < 1.29 is 28.2 Å². The molecule has 0 aliphatic carbocycles. The average Bonchev–Trinajstić information content (AvgIpc) is 2.97. The van der Waals surface area contributed by atoms with Gasteiger partial charge >= 0.3 is 12.1 Å². The Balaban J connectivity index is 1.50. The second-order valence-electron chi connectivity index (χ2n) is 8.72. The Morgan fingerprint density at radius 1 is 1.09 bits per heavy atom. The van der Waals surface area contributed by atoms with Gasteiger partial charge in [0.1, 0.15) is 23.9 Å². The van der Waals surface area contributed by atoms with Gasteiger partial charge in [0.15, 0.2) is 0 Å². The van der Waals surface area contributed by atoms with Crippen LogP contribution in [-0.2, 0) is 10.2 Å². The van der Waals surface area contributed by atoms with Gasteiger partial charge in [0.25, 0.3) is 0 Å². The number of piperidine rings is 1. The molecule has 0 saturated carbocycles. The molecule has 2 aliphatic heterocycles. The Labute approximate surface area is 185 Å². The number of likely N-dealkylation sites (tertiary alicyclic amines) is 1. The summed E-state index contributed by atoms with van der Waals surface area (Å²) in [6.07, 6.45) is 0.866. The van der Waals surface area contributed by atoms with Crippen LogP contribution in [0.4, 0.5) is 19.3 Å². The third kappa shape index (κ3) is 3.89. The predicted molar refractivity (Wildman–Crippen MR) is 115 cm³/mol. The van der Waals surface area contributed by atoms with Crippen molar-refractivity contribution in [2.24, 2.45) is 5.92 Å². The van der Waals surface area contributed by atoms with Crippen LogP contribution < -0.4 is 9.64 Å². The minimum absolute atomic E-state index is 0.131. The summed E-state index contributed by atoms with van der Waals surface area (Å²) in [5.74, 6) is -1.28. The molecule has 0 spiro atoms. The van der Waals surface area contributed by atoms with Gasteiger partial charge in [-0.3, -0.25) is 4.79 Å². The third-order valence-corrected chi connectivity index (χ3v) is 7.11. The van der Waals surface area contributed by atoms with Crippen molar-refractivity contribution in [2.75, 3.05) is 24.5 Å². The molecule has 170 valence electrons. The molecule has 2 unspecified atom stereocenters. The fourth-order valence-corrected chi connectivity index (χ4v) is 5.21. The molecule has 2 atom stereocenters. The normalized spacial score (nSPS) is 23.2. The minimum atomic E-state index is -0.935. The second-order valence-corrected chi connectivity index (χ2v) is 8.72. The van der Waals surface area contributed by atoms with Gasteiger partial charge < -0.3 is 19.6 Å². The zero-order valence-electron chi connectivity index (χ0n) is 18.1. The highest BCUT2D eigenvalue weighted by Crippen LogP contribution is 2.52. The number of benzene rings is 2. The number of carboxylic acids is 1. The van der Waals surface area contributed by atoms with E-state index in [9.17, 15) is 23.5 Å². The number of ether oxygens (including phenoxy) is 1. The summed E-state index contributed by atoms with van der Waals surface area (Å²) < 4.78 is 32.6. The number of carboxylic acid groups (broad SMARTS) is 1. The Morgan fingerprint density at radius 3 is 2.34 bits per heavy atom. The third-order valence-electron chi connectivity index (χ3n) is 7.11. The van der Waals surface area contributed by atoms with E-state index in [2.05, 4.69) is 6.92 Å². The van der Waals surface area contributed by atoms with Crippen LogP contribution in [0.2, 0.25) is 0 Å². The van der Waals surface area contributed by atoms with Gasteiger partial charge in [-0.25, -0.2) is 13.6 Å². The van der Waals surface area contributed by atoms with Crippen molar-refractivity contribution in [1.82, 2.24) is 4.90 Å². The van der Waals surface area contributed by atoms with Crippen LogP contribution in [0.1, 0.15) is 32.3 Å². The number of fused-ring (bicyclic) bond motifs is 1. The fourth-order valence-electron chi connectivity index (χ4n) is 5.21. The summed E-state index contributed by atoms with van der Waals surface area (Å²) in [6.45, 7) is 4.83. The van der Waals surface area contributed by atoms with E-state index in [1.807, 2.05) is 11.8 Å². The van der Waals surface area contributed by atoms with Crippen LogP contribution >= 0.6 is 0 Å². The first kappa shape index (κ1) is 22.0. The number of carbonyl (C=O) groups is 2. The summed E-state index contributed by atoms with van der Waals surface area (Å²) in [4.78, 5) is 27.4. The molecule has 1 amide bonds. The largest absolute Gasteiger partial charge is 0.480 e. The van der Waals surface area contributed by atoms with Crippen molar-refractivity contribution in [3.63, 3.8) is 0 Å². The van der Waals surface area contributed by atoms with Gasteiger partial charge in [-0.15, -0.1) is 0 Å². The quantitative estimate of drug-likeness (QED) is 0.756. The van der Waals surface area contributed by atoms with E-state index >= 15 is 0 Å². The Kier molecular flexibility index (Phi) is 5.79. The maximum absolute atomic E-state index is 14.2. The number of amides is 1. The Hall–Kier alpha value is -3.16. The lowest BCUT2D eigenvalue weighted by Crippen LogP contribution is -2.51. The Bertz CT molecular complexity index is 1020. The lowest BCUT2D eigenvalue weighted by atomic mass is 9.65. The van der Waals surface area contributed by atoms with E-state index in [1.165, 1.54) is 36.4 Å². The van der Waals surface area contributed by atoms with Gasteiger partial charge in [0, 0.05) is 30.2 Å². The molecule has 32 heavy (non-hydrogen) atoms. The monoisotopic (exact) mass is 444 g/mol. The van der Waals surface area contributed by atoms with E-state index in [0.717, 1.165) is 11.3 Å². The van der Waals surface area contributed by atoms with Gasteiger partial charge in [0.05, 0.1) is 0 Å². The summed E-state index contributed by atoms with van der Waals surface area (Å²) in [6, 6.07) is 9.67. The number of rotatable bonds is 4. The maximum Gasteiger partial charge on any atom is 0.415 e. The summed E-state index contributed by atoms with van der Waals surface area (Å²) in [5.41, 5.74) is 1.11. The summed E-state index contributed by atoms with van der Waals surface area (Å²) in [7, 11) is 0. The molecule has 4 rings (SSSR count). The lowest BCUT2D eigenvalue weighted by Gasteiger charge is -2.44. The first-order valence-electron chi connectivity index (χ1n) is 10.7. The molecule has 6 nitrogen and oxygen atoms in total. The van der Waals surface area contributed by atoms with Gasteiger partial charge in [0.2, 0.25) is 0 Å². The number of nitrogens with zero attached hydrogens (tertiary/aromatic N) is 2. The van der Waals surface area contributed by atoms with Gasteiger partial charge in [-0.2, -0.15) is 0 Å². The number of anilines is 1. The molecule has 2 aromatic rings. The molecule has 8 heteroatoms. The molecule has 1 fully saturated rings. The standard InChI is InChI=1S/C24H26F2N2O4/c1-15-24(2,20-13-18(26)5-8-21(20)28(15)14-22(29)30)16-9-11-27(12-10-16)23(31)32-19-6-3-17(25)4-7-19/h3-8,13,15-16H,9-12,14H2,1-2H3,(H,29,30). The Morgan fingerprint density at radius 2 is 1.72 bits per heavy atom. The molecule has 1 saturated heterocycles. The number of carbonyl (C=O) groups excluding carboxylic acids is 1. The lowest BCUT2D eigenvalue weighted by molar-refractivity contribution is -0.135. The van der Waals surface area contributed by atoms with Crippen LogP contribution in [0, 0.1) is 17.6 Å². The van der Waals surface area contributed by atoms with E-state index in [4.69, 9.17) is 4.74 Å². The highest BCUT2D eigenvalue weighted by Gasteiger charge is 2.51. The highest BCUT2D eigenvalue weighted by molar-refractivity contribution is 5.77. The minimum Gasteiger partial charge on any atom is -0.480 e. The molecule has 2 aromatic carbocycles. The number of aliphatic carboxylic acids is 1. The summed E-state index contributed by atoms with van der Waals surface area (Å²) in [5, 5.41) is 9.39. The molecule has 0 aromatic heterocycles. The van der Waals surface area contributed by atoms with Crippen molar-refractivity contribution in [2.45, 2.75) is 38.1 Å². The van der Waals surface area contributed by atoms with Crippen molar-refractivity contribution in [1.29, 1.82) is 0 Å². The van der Waals surface area contributed by atoms with Crippen molar-refractivity contribution in [3.05, 3.63) is 59.7 Å². The number of hydrogen-bond donors (Lipinski definition) is 1. The van der Waals surface area contributed by atoms with Gasteiger partial charge in [-0.05, 0) is 73.7 Å². The van der Waals surface area contributed by atoms with E-state index < -0.39 is 23.3 Å². The average molecular weight is 444 g/mol. The molecular formula is C24H26F2N2O4. The van der Waals surface area contributed by atoms with Crippen LogP contribution in [-0.4, -0.2) is 47.7 Å². The SMILES string of the molecule is CC1N(CC(=O)O)c2ccc(F)cc2C1(C)C1CCN(C(=O)Oc2ccc(F)cc2)CC1. The van der Waals surface area contributed by atoms with Gasteiger partial charge in [-0.1, -0.05) is 6.92 Å². The van der Waals surface area contributed by atoms with E-state index in [0.29, 0.717) is 25.9 Å². The van der Waals surface area contributed by atoms with Crippen LogP contribution in [0.25, 0.3) is 0 Å².